The molecule has 2 N–H and O–H groups in total. The molecule has 0 atom stereocenters. The molecule has 0 amide bonds. The Kier molecular flexibility index (Phi) is 7.08. The first kappa shape index (κ1) is 16.4. The minimum Gasteiger partial charge on any atom is -0.394 e. The van der Waals surface area contributed by atoms with Crippen molar-refractivity contribution in [2.75, 3.05) is 11.9 Å². The van der Waals surface area contributed by atoms with Gasteiger partial charge in [-0.2, -0.15) is 0 Å². The Morgan fingerprint density at radius 2 is 1.24 bits per heavy atom. The highest BCUT2D eigenvalue weighted by Crippen LogP contribution is 2.28. The average molecular weight is 289 g/mol. The monoisotopic (exact) mass is 289 g/mol. The Labute approximate surface area is 130 Å². The molecule has 0 unspecified atom stereocenters. The van der Waals surface area contributed by atoms with Gasteiger partial charge < -0.3 is 10.4 Å². The summed E-state index contributed by atoms with van der Waals surface area (Å²) < 4.78 is 0. The number of hydrogen-bond donors (Lipinski definition) is 2. The Bertz CT molecular complexity index is 364. The average Bonchev–Trinajstić information content (AvgIpc) is 2.51. The van der Waals surface area contributed by atoms with Crippen molar-refractivity contribution >= 4 is 5.69 Å². The van der Waals surface area contributed by atoms with Crippen LogP contribution < -0.4 is 5.32 Å². The molecule has 0 radical (unpaired) electrons. The molecule has 2 heteroatoms. The SMILES string of the molecule is OCC1(Nc2ccccc2)CCCCCCCCCCC1. The topological polar surface area (TPSA) is 32.3 Å². The largest absolute Gasteiger partial charge is 0.394 e. The third-order valence-electron chi connectivity index (χ3n) is 4.80. The molecule has 1 aliphatic carbocycles. The Morgan fingerprint density at radius 3 is 1.71 bits per heavy atom. The first-order valence-corrected chi connectivity index (χ1v) is 8.79. The molecule has 1 aromatic carbocycles. The minimum atomic E-state index is -0.124. The zero-order valence-electron chi connectivity index (χ0n) is 13.3. The van der Waals surface area contributed by atoms with Crippen LogP contribution in [0.5, 0.6) is 0 Å². The van der Waals surface area contributed by atoms with Crippen molar-refractivity contribution in [1.82, 2.24) is 0 Å². The van der Waals surface area contributed by atoms with E-state index in [1.165, 1.54) is 57.8 Å². The van der Waals surface area contributed by atoms with Crippen LogP contribution in [-0.2, 0) is 0 Å². The molecule has 0 heterocycles. The number of nitrogens with one attached hydrogen (secondary N) is 1. The van der Waals surface area contributed by atoms with Gasteiger partial charge in [0, 0.05) is 5.69 Å². The summed E-state index contributed by atoms with van der Waals surface area (Å²) in [5.41, 5.74) is 1.01. The van der Waals surface area contributed by atoms with E-state index in [4.69, 9.17) is 0 Å². The quantitative estimate of drug-likeness (QED) is 0.808. The molecule has 1 saturated carbocycles. The first-order chi connectivity index (χ1) is 10.3. The molecule has 2 nitrogen and oxygen atoms in total. The first-order valence-electron chi connectivity index (χ1n) is 8.79. The van der Waals surface area contributed by atoms with Crippen molar-refractivity contribution in [3.05, 3.63) is 30.3 Å². The van der Waals surface area contributed by atoms with Crippen LogP contribution >= 0.6 is 0 Å². The van der Waals surface area contributed by atoms with Crippen molar-refractivity contribution in [2.24, 2.45) is 0 Å². The molecule has 1 fully saturated rings. The maximum Gasteiger partial charge on any atom is 0.0661 e. The number of aliphatic hydroxyl groups excluding tert-OH is 1. The fourth-order valence-electron chi connectivity index (χ4n) is 3.44. The van der Waals surface area contributed by atoms with Crippen LogP contribution in [0.4, 0.5) is 5.69 Å². The van der Waals surface area contributed by atoms with E-state index in [0.29, 0.717) is 0 Å². The van der Waals surface area contributed by atoms with Crippen LogP contribution in [0.2, 0.25) is 0 Å². The number of hydrogen-bond acceptors (Lipinski definition) is 2. The van der Waals surface area contributed by atoms with Gasteiger partial charge in [-0.05, 0) is 25.0 Å². The second-order valence-corrected chi connectivity index (χ2v) is 6.61. The van der Waals surface area contributed by atoms with Crippen molar-refractivity contribution < 1.29 is 5.11 Å². The van der Waals surface area contributed by atoms with Crippen LogP contribution in [0.1, 0.15) is 70.6 Å². The van der Waals surface area contributed by atoms with Crippen molar-refractivity contribution in [2.45, 2.75) is 76.2 Å². The van der Waals surface area contributed by atoms with Gasteiger partial charge in [-0.25, -0.2) is 0 Å². The maximum atomic E-state index is 10.0. The number of para-hydroxylation sites is 1. The van der Waals surface area contributed by atoms with Crippen LogP contribution in [0.25, 0.3) is 0 Å². The van der Waals surface area contributed by atoms with Crippen molar-refractivity contribution in [3.63, 3.8) is 0 Å². The maximum absolute atomic E-state index is 10.0. The zero-order valence-corrected chi connectivity index (χ0v) is 13.3. The third kappa shape index (κ3) is 5.70. The molecule has 0 aromatic heterocycles. The van der Waals surface area contributed by atoms with E-state index in [-0.39, 0.29) is 12.1 Å². The summed E-state index contributed by atoms with van der Waals surface area (Å²) in [5.74, 6) is 0. The van der Waals surface area contributed by atoms with Gasteiger partial charge in [-0.3, -0.25) is 0 Å². The molecule has 0 saturated heterocycles. The van der Waals surface area contributed by atoms with E-state index in [9.17, 15) is 5.11 Å². The molecule has 0 bridgehead atoms. The van der Waals surface area contributed by atoms with E-state index in [2.05, 4.69) is 29.6 Å². The fraction of sp³-hybridized carbons (Fsp3) is 0.684. The smallest absolute Gasteiger partial charge is 0.0661 e. The summed E-state index contributed by atoms with van der Waals surface area (Å²) in [7, 11) is 0. The fourth-order valence-corrected chi connectivity index (χ4v) is 3.44. The molecule has 21 heavy (non-hydrogen) atoms. The summed E-state index contributed by atoms with van der Waals surface area (Å²) in [6, 6.07) is 10.4. The van der Waals surface area contributed by atoms with Gasteiger partial charge in [0.2, 0.25) is 0 Å². The molecule has 1 aliphatic rings. The lowest BCUT2D eigenvalue weighted by Gasteiger charge is -2.35. The highest BCUT2D eigenvalue weighted by atomic mass is 16.3. The lowest BCUT2D eigenvalue weighted by atomic mass is 9.86. The van der Waals surface area contributed by atoms with Gasteiger partial charge in [-0.15, -0.1) is 0 Å². The molecule has 0 spiro atoms. The normalized spacial score (nSPS) is 21.0. The highest BCUT2D eigenvalue weighted by Gasteiger charge is 2.28. The van der Waals surface area contributed by atoms with Crippen molar-refractivity contribution in [3.8, 4) is 0 Å². The molecular formula is C19H31NO. The molecular weight excluding hydrogens is 258 g/mol. The lowest BCUT2D eigenvalue weighted by Crippen LogP contribution is -2.42. The summed E-state index contributed by atoms with van der Waals surface area (Å²) in [4.78, 5) is 0. The van der Waals surface area contributed by atoms with E-state index >= 15 is 0 Å². The van der Waals surface area contributed by atoms with Gasteiger partial charge in [0.1, 0.15) is 0 Å². The van der Waals surface area contributed by atoms with E-state index in [1.807, 2.05) is 6.07 Å². The summed E-state index contributed by atoms with van der Waals surface area (Å²) in [6.45, 7) is 0.238. The van der Waals surface area contributed by atoms with Gasteiger partial charge in [0.25, 0.3) is 0 Å². The Hall–Kier alpha value is -1.02. The lowest BCUT2D eigenvalue weighted by molar-refractivity contribution is 0.186. The minimum absolute atomic E-state index is 0.124. The van der Waals surface area contributed by atoms with Gasteiger partial charge >= 0.3 is 0 Å². The third-order valence-corrected chi connectivity index (χ3v) is 4.80. The van der Waals surface area contributed by atoms with E-state index in [0.717, 1.165) is 18.5 Å². The van der Waals surface area contributed by atoms with E-state index in [1.54, 1.807) is 0 Å². The number of anilines is 1. The van der Waals surface area contributed by atoms with Crippen molar-refractivity contribution in [1.29, 1.82) is 0 Å². The second-order valence-electron chi connectivity index (χ2n) is 6.61. The van der Waals surface area contributed by atoms with Gasteiger partial charge in [0.05, 0.1) is 12.1 Å². The van der Waals surface area contributed by atoms with E-state index < -0.39 is 0 Å². The highest BCUT2D eigenvalue weighted by molar-refractivity contribution is 5.45. The summed E-state index contributed by atoms with van der Waals surface area (Å²) >= 11 is 0. The molecule has 2 rings (SSSR count). The van der Waals surface area contributed by atoms with Crippen LogP contribution in [-0.4, -0.2) is 17.3 Å². The molecule has 0 aliphatic heterocycles. The second kappa shape index (κ2) is 9.09. The van der Waals surface area contributed by atoms with Crippen LogP contribution in [0.15, 0.2) is 30.3 Å². The standard InChI is InChI=1S/C19H31NO/c21-17-19(20-18-13-9-8-10-14-18)15-11-6-4-2-1-3-5-7-12-16-19/h8-10,13-14,20-21H,1-7,11-12,15-17H2. The zero-order chi connectivity index (χ0) is 14.8. The number of rotatable bonds is 3. The number of aliphatic hydroxyl groups is 1. The summed E-state index contributed by atoms with van der Waals surface area (Å²) in [5, 5.41) is 13.7. The Balaban J connectivity index is 2.00. The predicted molar refractivity (Wildman–Crippen MR) is 90.7 cm³/mol. The molecule has 1 aromatic rings. The van der Waals surface area contributed by atoms with Crippen LogP contribution in [0, 0.1) is 0 Å². The van der Waals surface area contributed by atoms with Crippen LogP contribution in [0.3, 0.4) is 0 Å². The summed E-state index contributed by atoms with van der Waals surface area (Å²) in [6.07, 6.45) is 14.1. The van der Waals surface area contributed by atoms with Gasteiger partial charge in [-0.1, -0.05) is 76.0 Å². The molecule has 118 valence electrons. The number of benzene rings is 1. The Morgan fingerprint density at radius 1 is 0.762 bits per heavy atom. The predicted octanol–water partition coefficient (Wildman–Crippen LogP) is 5.13. The van der Waals surface area contributed by atoms with Gasteiger partial charge in [0.15, 0.2) is 0 Å².